The minimum atomic E-state index is -0.848. The number of methoxy groups -OCH3 is 1. The van der Waals surface area contributed by atoms with Crippen molar-refractivity contribution in [3.05, 3.63) is 120 Å². The molecule has 0 fully saturated rings. The second-order valence-corrected chi connectivity index (χ2v) is 11.7. The summed E-state index contributed by atoms with van der Waals surface area (Å²) in [5, 5.41) is 0. The lowest BCUT2D eigenvalue weighted by molar-refractivity contribution is -0.143. The zero-order valence-electron chi connectivity index (χ0n) is 26.9. The molecule has 3 aromatic carbocycles. The molecule has 1 aliphatic rings. The number of thiazole rings is 1. The predicted molar refractivity (Wildman–Crippen MR) is 177 cm³/mol. The maximum atomic E-state index is 14.0. The van der Waals surface area contributed by atoms with E-state index in [1.54, 1.807) is 38.1 Å². The Bertz CT molecular complexity index is 1970. The van der Waals surface area contributed by atoms with Crippen LogP contribution in [0.4, 0.5) is 0 Å². The van der Waals surface area contributed by atoms with Crippen LogP contribution in [-0.4, -0.2) is 43.4 Å². The van der Waals surface area contributed by atoms with Crippen molar-refractivity contribution >= 4 is 29.4 Å². The van der Waals surface area contributed by atoms with E-state index < -0.39 is 18.0 Å². The maximum absolute atomic E-state index is 14.0. The Kier molecular flexibility index (Phi) is 10.6. The molecule has 1 aromatic heterocycles. The molecule has 0 bridgehead atoms. The van der Waals surface area contributed by atoms with E-state index in [9.17, 15) is 14.4 Å². The number of nitrogens with zero attached hydrogens (tertiary/aromatic N) is 2. The number of carbonyl (C=O) groups excluding carboxylic acids is 2. The van der Waals surface area contributed by atoms with Gasteiger partial charge in [-0.1, -0.05) is 59.4 Å². The summed E-state index contributed by atoms with van der Waals surface area (Å²) in [6, 6.07) is 19.9. The molecule has 0 amide bonds. The fraction of sp³-hybridized carbons (Fsp3) is 0.278. The summed E-state index contributed by atoms with van der Waals surface area (Å²) in [5.41, 5.74) is 4.03. The van der Waals surface area contributed by atoms with Crippen molar-refractivity contribution in [1.82, 2.24) is 4.57 Å². The highest BCUT2D eigenvalue weighted by atomic mass is 32.1. The first-order valence-electron chi connectivity index (χ1n) is 15.2. The van der Waals surface area contributed by atoms with Gasteiger partial charge in [0.1, 0.15) is 12.4 Å². The summed E-state index contributed by atoms with van der Waals surface area (Å²) >= 11 is 1.23. The summed E-state index contributed by atoms with van der Waals surface area (Å²) in [6.45, 7) is 7.92. The summed E-state index contributed by atoms with van der Waals surface area (Å²) < 4.78 is 29.4. The SMILES string of the molecule is CCOC(=O)C1=C(C)N=c2s/c(=C\c3ccc(OCc4ccc(C)cc4)cc3)c(=O)n2[C@H]1c1ccc(OCC(=O)OC)c(OCC)c1. The first kappa shape index (κ1) is 33.2. The molecule has 0 unspecified atom stereocenters. The van der Waals surface area contributed by atoms with E-state index in [-0.39, 0.29) is 24.3 Å². The number of aryl methyl sites for hydroxylation is 1. The molecule has 10 nitrogen and oxygen atoms in total. The molecule has 4 aromatic rings. The summed E-state index contributed by atoms with van der Waals surface area (Å²) in [7, 11) is 1.27. The highest BCUT2D eigenvalue weighted by molar-refractivity contribution is 7.07. The third-order valence-corrected chi connectivity index (χ3v) is 8.36. The summed E-state index contributed by atoms with van der Waals surface area (Å²) in [4.78, 5) is 44.2. The largest absolute Gasteiger partial charge is 0.490 e. The topological polar surface area (TPSA) is 115 Å². The smallest absolute Gasteiger partial charge is 0.343 e. The minimum Gasteiger partial charge on any atom is -0.490 e. The summed E-state index contributed by atoms with van der Waals surface area (Å²) in [5.74, 6) is 0.258. The van der Waals surface area contributed by atoms with Crippen molar-refractivity contribution < 1.29 is 33.3 Å². The number of rotatable bonds is 12. The van der Waals surface area contributed by atoms with Gasteiger partial charge >= 0.3 is 11.9 Å². The lowest BCUT2D eigenvalue weighted by Crippen LogP contribution is -2.40. The third kappa shape index (κ3) is 7.63. The molecular weight excluding hydrogens is 620 g/mol. The number of hydrogen-bond acceptors (Lipinski definition) is 10. The fourth-order valence-corrected chi connectivity index (χ4v) is 6.09. The molecule has 0 radical (unpaired) electrons. The lowest BCUT2D eigenvalue weighted by Gasteiger charge is -2.25. The summed E-state index contributed by atoms with van der Waals surface area (Å²) in [6.07, 6.45) is 1.80. The molecule has 244 valence electrons. The van der Waals surface area contributed by atoms with Crippen molar-refractivity contribution in [2.45, 2.75) is 40.3 Å². The average molecular weight is 657 g/mol. The van der Waals surface area contributed by atoms with Crippen molar-refractivity contribution in [3.63, 3.8) is 0 Å². The predicted octanol–water partition coefficient (Wildman–Crippen LogP) is 4.64. The van der Waals surface area contributed by atoms with Gasteiger partial charge in [0, 0.05) is 0 Å². The number of aromatic nitrogens is 1. The van der Waals surface area contributed by atoms with Crippen LogP contribution in [-0.2, 0) is 25.7 Å². The van der Waals surface area contributed by atoms with E-state index in [0.717, 1.165) is 11.1 Å². The Balaban J connectivity index is 1.51. The Hall–Kier alpha value is -5.16. The molecular formula is C36H36N2O8S. The van der Waals surface area contributed by atoms with Crippen molar-refractivity contribution in [3.8, 4) is 17.2 Å². The van der Waals surface area contributed by atoms with E-state index in [4.69, 9.17) is 18.9 Å². The number of fused-ring (bicyclic) bond motifs is 1. The zero-order chi connectivity index (χ0) is 33.5. The second kappa shape index (κ2) is 15.0. The first-order valence-corrected chi connectivity index (χ1v) is 16.0. The minimum absolute atomic E-state index is 0.155. The highest BCUT2D eigenvalue weighted by Gasteiger charge is 2.34. The Morgan fingerprint density at radius 2 is 1.66 bits per heavy atom. The standard InChI is InChI=1S/C36H36N2O8S/c1-6-43-29-19-26(14-17-28(29)46-21-31(39)42-5)33-32(35(41)44-7-2)23(4)37-36-38(33)34(40)30(47-36)18-24-12-15-27(16-13-24)45-20-25-10-8-22(3)9-11-25/h8-19,33H,6-7,20-21H2,1-5H3/b30-18-/t33-/m0/s1. The molecule has 5 rings (SSSR count). The Morgan fingerprint density at radius 1 is 0.915 bits per heavy atom. The van der Waals surface area contributed by atoms with Gasteiger partial charge in [0.2, 0.25) is 0 Å². The van der Waals surface area contributed by atoms with Crippen molar-refractivity contribution in [2.24, 2.45) is 4.99 Å². The van der Waals surface area contributed by atoms with Gasteiger partial charge in [0.25, 0.3) is 5.56 Å². The monoisotopic (exact) mass is 656 g/mol. The fourth-order valence-electron chi connectivity index (χ4n) is 5.05. The van der Waals surface area contributed by atoms with Crippen molar-refractivity contribution in [1.29, 1.82) is 0 Å². The molecule has 1 atom stereocenters. The first-order chi connectivity index (χ1) is 22.7. The van der Waals surface area contributed by atoms with Crippen LogP contribution in [0.25, 0.3) is 6.08 Å². The molecule has 47 heavy (non-hydrogen) atoms. The molecule has 2 heterocycles. The number of benzene rings is 3. The van der Waals surface area contributed by atoms with Crippen LogP contribution in [0, 0.1) is 6.92 Å². The van der Waals surface area contributed by atoms with E-state index in [1.807, 2.05) is 50.2 Å². The third-order valence-electron chi connectivity index (χ3n) is 7.38. The average Bonchev–Trinajstić information content (AvgIpc) is 3.37. The van der Waals surface area contributed by atoms with Crippen LogP contribution in [0.2, 0.25) is 0 Å². The molecule has 0 N–H and O–H groups in total. The zero-order valence-corrected chi connectivity index (χ0v) is 27.7. The van der Waals surface area contributed by atoms with Gasteiger partial charge < -0.3 is 23.7 Å². The van der Waals surface area contributed by atoms with Gasteiger partial charge in [0.15, 0.2) is 22.9 Å². The number of carbonyl (C=O) groups is 2. The van der Waals surface area contributed by atoms with Crippen molar-refractivity contribution in [2.75, 3.05) is 26.9 Å². The van der Waals surface area contributed by atoms with E-state index in [0.29, 0.717) is 51.1 Å². The normalized spacial score (nSPS) is 14.2. The van der Waals surface area contributed by atoms with Gasteiger partial charge in [-0.3, -0.25) is 9.36 Å². The number of allylic oxidation sites excluding steroid dienone is 1. The van der Waals surface area contributed by atoms with Crippen LogP contribution in [0.3, 0.4) is 0 Å². The van der Waals surface area contributed by atoms with Crippen LogP contribution in [0.1, 0.15) is 49.1 Å². The highest BCUT2D eigenvalue weighted by Crippen LogP contribution is 2.36. The molecule has 0 spiro atoms. The number of hydrogen-bond donors (Lipinski definition) is 0. The number of esters is 2. The van der Waals surface area contributed by atoms with Crippen LogP contribution < -0.4 is 29.1 Å². The van der Waals surface area contributed by atoms with Gasteiger partial charge in [-0.25, -0.2) is 14.6 Å². The van der Waals surface area contributed by atoms with Crippen LogP contribution >= 0.6 is 11.3 Å². The van der Waals surface area contributed by atoms with Crippen LogP contribution in [0.15, 0.2) is 87.8 Å². The quantitative estimate of drug-likeness (QED) is 0.203. The van der Waals surface area contributed by atoms with E-state index in [2.05, 4.69) is 21.9 Å². The van der Waals surface area contributed by atoms with Gasteiger partial charge in [0.05, 0.1) is 42.2 Å². The van der Waals surface area contributed by atoms with Gasteiger partial charge in [-0.05, 0) is 74.7 Å². The molecule has 1 aliphatic heterocycles. The molecule has 0 aliphatic carbocycles. The molecule has 0 saturated carbocycles. The molecule has 0 saturated heterocycles. The number of ether oxygens (including phenoxy) is 5. The van der Waals surface area contributed by atoms with E-state index >= 15 is 0 Å². The van der Waals surface area contributed by atoms with Gasteiger partial charge in [-0.15, -0.1) is 0 Å². The Morgan fingerprint density at radius 3 is 2.34 bits per heavy atom. The van der Waals surface area contributed by atoms with E-state index in [1.165, 1.54) is 28.6 Å². The molecule has 11 heteroatoms. The Labute approximate surface area is 276 Å². The lowest BCUT2D eigenvalue weighted by atomic mass is 9.95. The van der Waals surface area contributed by atoms with Crippen LogP contribution in [0.5, 0.6) is 17.2 Å². The van der Waals surface area contributed by atoms with Gasteiger partial charge in [-0.2, -0.15) is 0 Å². The second-order valence-electron chi connectivity index (χ2n) is 10.6. The maximum Gasteiger partial charge on any atom is 0.343 e.